The van der Waals surface area contributed by atoms with Crippen molar-refractivity contribution in [3.8, 4) is 0 Å². The molecular formula is C18H22F2N2O3. The van der Waals surface area contributed by atoms with Gasteiger partial charge in [0.1, 0.15) is 0 Å². The number of likely N-dealkylation sites (tertiary alicyclic amines) is 1. The third kappa shape index (κ3) is 3.19. The summed E-state index contributed by atoms with van der Waals surface area (Å²) in [6, 6.07) is 4.75. The number of carbonyl (C=O) groups excluding carboxylic acids is 1. The normalized spacial score (nSPS) is 22.2. The average molecular weight is 352 g/mol. The fourth-order valence-electron chi connectivity index (χ4n) is 3.73. The SMILES string of the molecule is CC(C)(C)C1c2cc(C(=O)N3CC(F)(F)C3)ccc2CCN1C(=O)O. The molecular weight excluding hydrogens is 330 g/mol. The molecule has 136 valence electrons. The molecule has 7 heteroatoms. The maximum absolute atomic E-state index is 13.0. The minimum absolute atomic E-state index is 0.329. The van der Waals surface area contributed by atoms with Gasteiger partial charge in [0.15, 0.2) is 0 Å². The molecule has 25 heavy (non-hydrogen) atoms. The smallest absolute Gasteiger partial charge is 0.407 e. The monoisotopic (exact) mass is 352 g/mol. The van der Waals surface area contributed by atoms with Gasteiger partial charge >= 0.3 is 6.09 Å². The summed E-state index contributed by atoms with van der Waals surface area (Å²) < 4.78 is 26.1. The van der Waals surface area contributed by atoms with Crippen LogP contribution in [0.5, 0.6) is 0 Å². The molecule has 1 saturated heterocycles. The second-order valence-corrected chi connectivity index (χ2v) is 7.93. The molecule has 5 nitrogen and oxygen atoms in total. The molecule has 1 unspecified atom stereocenters. The first-order valence-electron chi connectivity index (χ1n) is 8.29. The van der Waals surface area contributed by atoms with Crippen LogP contribution in [-0.2, 0) is 6.42 Å². The summed E-state index contributed by atoms with van der Waals surface area (Å²) in [4.78, 5) is 26.6. The van der Waals surface area contributed by atoms with Gasteiger partial charge in [-0.2, -0.15) is 0 Å². The van der Waals surface area contributed by atoms with E-state index in [1.807, 2.05) is 26.8 Å². The number of nitrogens with zero attached hydrogens (tertiary/aromatic N) is 2. The van der Waals surface area contributed by atoms with Crippen molar-refractivity contribution in [2.24, 2.45) is 5.41 Å². The summed E-state index contributed by atoms with van der Waals surface area (Å²) in [6.45, 7) is 5.13. The van der Waals surface area contributed by atoms with Crippen LogP contribution in [0.15, 0.2) is 18.2 Å². The number of halogens is 2. The van der Waals surface area contributed by atoms with Gasteiger partial charge in [-0.3, -0.25) is 4.79 Å². The number of hydrogen-bond acceptors (Lipinski definition) is 2. The van der Waals surface area contributed by atoms with Crippen molar-refractivity contribution < 1.29 is 23.5 Å². The Bertz CT molecular complexity index is 720. The Morgan fingerprint density at radius 3 is 2.40 bits per heavy atom. The third-order valence-corrected chi connectivity index (χ3v) is 4.82. The first-order chi connectivity index (χ1) is 11.5. The lowest BCUT2D eigenvalue weighted by Gasteiger charge is -2.43. The first-order valence-corrected chi connectivity index (χ1v) is 8.29. The van der Waals surface area contributed by atoms with E-state index in [1.165, 1.54) is 4.90 Å². The number of alkyl halides is 2. The van der Waals surface area contributed by atoms with Crippen LogP contribution in [-0.4, -0.2) is 52.5 Å². The van der Waals surface area contributed by atoms with Gasteiger partial charge in [-0.1, -0.05) is 26.8 Å². The molecule has 2 aliphatic rings. The Balaban J connectivity index is 1.96. The van der Waals surface area contributed by atoms with Gasteiger partial charge < -0.3 is 14.9 Å². The summed E-state index contributed by atoms with van der Waals surface area (Å²) in [5.74, 6) is -3.24. The minimum atomic E-state index is -2.81. The number of amides is 2. The maximum Gasteiger partial charge on any atom is 0.407 e. The van der Waals surface area contributed by atoms with Crippen LogP contribution >= 0.6 is 0 Å². The Morgan fingerprint density at radius 2 is 1.88 bits per heavy atom. The molecule has 2 aliphatic heterocycles. The second-order valence-electron chi connectivity index (χ2n) is 7.93. The van der Waals surface area contributed by atoms with Crippen molar-refractivity contribution in [3.63, 3.8) is 0 Å². The summed E-state index contributed by atoms with van der Waals surface area (Å²) in [5.41, 5.74) is 1.76. The Hall–Kier alpha value is -2.18. The zero-order chi connectivity index (χ0) is 18.6. The highest BCUT2D eigenvalue weighted by Gasteiger charge is 2.46. The van der Waals surface area contributed by atoms with Crippen LogP contribution in [0.2, 0.25) is 0 Å². The highest BCUT2D eigenvalue weighted by atomic mass is 19.3. The van der Waals surface area contributed by atoms with E-state index in [4.69, 9.17) is 0 Å². The van der Waals surface area contributed by atoms with E-state index in [-0.39, 0.29) is 11.5 Å². The van der Waals surface area contributed by atoms with Crippen molar-refractivity contribution >= 4 is 12.0 Å². The van der Waals surface area contributed by atoms with Gasteiger partial charge in [-0.05, 0) is 35.1 Å². The number of fused-ring (bicyclic) bond motifs is 1. The second kappa shape index (κ2) is 5.68. The molecule has 2 heterocycles. The number of benzene rings is 1. The quantitative estimate of drug-likeness (QED) is 0.843. The lowest BCUT2D eigenvalue weighted by Crippen LogP contribution is -2.58. The number of hydrogen-bond donors (Lipinski definition) is 1. The molecule has 0 radical (unpaired) electrons. The molecule has 0 spiro atoms. The van der Waals surface area contributed by atoms with Gasteiger partial charge in [0.25, 0.3) is 11.8 Å². The van der Waals surface area contributed by atoms with Crippen LogP contribution in [0.4, 0.5) is 13.6 Å². The Labute approximate surface area is 145 Å². The lowest BCUT2D eigenvalue weighted by atomic mass is 9.76. The molecule has 0 bridgehead atoms. The predicted octanol–water partition coefficient (Wildman–Crippen LogP) is 3.40. The maximum atomic E-state index is 13.0. The van der Waals surface area contributed by atoms with E-state index >= 15 is 0 Å². The molecule has 0 aliphatic carbocycles. The van der Waals surface area contributed by atoms with Gasteiger partial charge in [-0.25, -0.2) is 13.6 Å². The number of carboxylic acid groups (broad SMARTS) is 1. The number of carbonyl (C=O) groups is 2. The fourth-order valence-corrected chi connectivity index (χ4v) is 3.73. The summed E-state index contributed by atoms with van der Waals surface area (Å²) in [6.07, 6.45) is -0.422. The molecule has 3 rings (SSSR count). The van der Waals surface area contributed by atoms with Crippen LogP contribution < -0.4 is 0 Å². The zero-order valence-corrected chi connectivity index (χ0v) is 14.6. The molecule has 1 atom stereocenters. The van der Waals surface area contributed by atoms with E-state index < -0.39 is 31.0 Å². The summed E-state index contributed by atoms with van der Waals surface area (Å²) >= 11 is 0. The Morgan fingerprint density at radius 1 is 1.24 bits per heavy atom. The fraction of sp³-hybridized carbons (Fsp3) is 0.556. The lowest BCUT2D eigenvalue weighted by molar-refractivity contribution is -0.113. The third-order valence-electron chi connectivity index (χ3n) is 4.82. The highest BCUT2D eigenvalue weighted by molar-refractivity contribution is 5.95. The van der Waals surface area contributed by atoms with Gasteiger partial charge in [0, 0.05) is 12.1 Å². The summed E-state index contributed by atoms with van der Waals surface area (Å²) in [7, 11) is 0. The van der Waals surface area contributed by atoms with E-state index in [9.17, 15) is 23.5 Å². The van der Waals surface area contributed by atoms with Crippen LogP contribution in [0, 0.1) is 5.41 Å². The number of rotatable bonds is 1. The van der Waals surface area contributed by atoms with Crippen molar-refractivity contribution in [1.82, 2.24) is 9.80 Å². The van der Waals surface area contributed by atoms with E-state index in [0.29, 0.717) is 18.5 Å². The van der Waals surface area contributed by atoms with Crippen LogP contribution in [0.1, 0.15) is 48.3 Å². The molecule has 2 amide bonds. The molecule has 1 N–H and O–H groups in total. The molecule has 1 aromatic carbocycles. The topological polar surface area (TPSA) is 60.9 Å². The zero-order valence-electron chi connectivity index (χ0n) is 14.6. The van der Waals surface area contributed by atoms with Gasteiger partial charge in [0.05, 0.1) is 19.1 Å². The molecule has 1 fully saturated rings. The van der Waals surface area contributed by atoms with Gasteiger partial charge in [0.2, 0.25) is 0 Å². The van der Waals surface area contributed by atoms with Crippen LogP contribution in [0.3, 0.4) is 0 Å². The predicted molar refractivity (Wildman–Crippen MR) is 87.9 cm³/mol. The van der Waals surface area contributed by atoms with Crippen LogP contribution in [0.25, 0.3) is 0 Å². The molecule has 0 aromatic heterocycles. The molecule has 0 saturated carbocycles. The van der Waals surface area contributed by atoms with Crippen molar-refractivity contribution in [3.05, 3.63) is 34.9 Å². The van der Waals surface area contributed by atoms with Gasteiger partial charge in [-0.15, -0.1) is 0 Å². The minimum Gasteiger partial charge on any atom is -0.465 e. The van der Waals surface area contributed by atoms with E-state index in [2.05, 4.69) is 0 Å². The Kier molecular flexibility index (Phi) is 4.00. The van der Waals surface area contributed by atoms with E-state index in [1.54, 1.807) is 12.1 Å². The van der Waals surface area contributed by atoms with E-state index in [0.717, 1.165) is 16.0 Å². The standard InChI is InChI=1S/C18H22F2N2O3/c1-17(2,3)14-13-8-12(15(23)21-9-18(19,20)10-21)5-4-11(13)6-7-22(14)16(24)25/h4-5,8,14H,6-7,9-10H2,1-3H3,(H,24,25). The first kappa shape index (κ1) is 17.6. The van der Waals surface area contributed by atoms with Crippen molar-refractivity contribution in [1.29, 1.82) is 0 Å². The van der Waals surface area contributed by atoms with Crippen molar-refractivity contribution in [2.45, 2.75) is 39.2 Å². The van der Waals surface area contributed by atoms with Crippen molar-refractivity contribution in [2.75, 3.05) is 19.6 Å². The highest BCUT2D eigenvalue weighted by Crippen LogP contribution is 2.42. The largest absolute Gasteiger partial charge is 0.465 e. The molecule has 1 aromatic rings. The summed E-state index contributed by atoms with van der Waals surface area (Å²) in [5, 5.41) is 9.54. The average Bonchev–Trinajstić information content (AvgIpc) is 2.48.